The summed E-state index contributed by atoms with van der Waals surface area (Å²) < 4.78 is 0. The number of nitrogens with one attached hydrogen (secondary N) is 2. The first-order valence-electron chi connectivity index (χ1n) is 7.64. The second-order valence-electron chi connectivity index (χ2n) is 5.81. The molecule has 3 atom stereocenters. The third-order valence-electron chi connectivity index (χ3n) is 4.46. The van der Waals surface area contributed by atoms with Gasteiger partial charge in [-0.05, 0) is 36.6 Å². The summed E-state index contributed by atoms with van der Waals surface area (Å²) >= 11 is 0. The Labute approximate surface area is 129 Å². The lowest BCUT2D eigenvalue weighted by atomic mass is 9.89. The fourth-order valence-corrected chi connectivity index (χ4v) is 3.31. The molecule has 2 fully saturated rings. The Morgan fingerprint density at radius 1 is 1.09 bits per heavy atom. The molecule has 22 heavy (non-hydrogen) atoms. The first-order chi connectivity index (χ1) is 10.8. The van der Waals surface area contributed by atoms with Crippen LogP contribution in [0.5, 0.6) is 0 Å². The predicted molar refractivity (Wildman–Crippen MR) is 83.7 cm³/mol. The summed E-state index contributed by atoms with van der Waals surface area (Å²) in [5.74, 6) is 0.140. The number of rotatable bonds is 2. The van der Waals surface area contributed by atoms with Gasteiger partial charge >= 0.3 is 0 Å². The minimum atomic E-state index is -0.0216. The lowest BCUT2D eigenvalue weighted by Gasteiger charge is -2.31. The normalized spacial score (nSPS) is 27.7. The van der Waals surface area contributed by atoms with E-state index in [-0.39, 0.29) is 24.0 Å². The number of aromatic nitrogens is 1. The Hall–Kier alpha value is -2.24. The lowest BCUT2D eigenvalue weighted by Crippen LogP contribution is -2.49. The summed E-state index contributed by atoms with van der Waals surface area (Å²) in [4.78, 5) is 16.8. The molecule has 2 aliphatic rings. The quantitative estimate of drug-likeness (QED) is 0.889. The van der Waals surface area contributed by atoms with Crippen LogP contribution in [0.1, 0.15) is 24.4 Å². The van der Waals surface area contributed by atoms with Crippen LogP contribution in [0.2, 0.25) is 0 Å². The summed E-state index contributed by atoms with van der Waals surface area (Å²) in [7, 11) is 0. The van der Waals surface area contributed by atoms with E-state index in [4.69, 9.17) is 0 Å². The number of carbonyl (C=O) groups excluding carboxylic acids is 1. The van der Waals surface area contributed by atoms with E-state index in [9.17, 15) is 4.79 Å². The standard InChI is InChI=1S/C17H18N4O/c22-17-14-8-9-15(12-5-4-10-18-11-12)19-16(14)20-21(17)13-6-2-1-3-7-13/h1-7,10-11,14-16,19-20H,8-9H2. The largest absolute Gasteiger partial charge is 0.293 e. The van der Waals surface area contributed by atoms with Gasteiger partial charge in [-0.2, -0.15) is 0 Å². The van der Waals surface area contributed by atoms with Gasteiger partial charge in [-0.25, -0.2) is 10.4 Å². The number of anilines is 1. The number of hydrazine groups is 1. The Balaban J connectivity index is 1.53. The average molecular weight is 294 g/mol. The summed E-state index contributed by atoms with van der Waals surface area (Å²) in [6.45, 7) is 0. The smallest absolute Gasteiger partial charge is 0.247 e. The van der Waals surface area contributed by atoms with Crippen molar-refractivity contribution >= 4 is 11.6 Å². The third-order valence-corrected chi connectivity index (χ3v) is 4.46. The Kier molecular flexibility index (Phi) is 3.36. The van der Waals surface area contributed by atoms with Crippen LogP contribution >= 0.6 is 0 Å². The second-order valence-corrected chi connectivity index (χ2v) is 5.81. The van der Waals surface area contributed by atoms with E-state index in [1.165, 1.54) is 5.56 Å². The minimum Gasteiger partial charge on any atom is -0.293 e. The van der Waals surface area contributed by atoms with Crippen LogP contribution < -0.4 is 15.8 Å². The van der Waals surface area contributed by atoms with Gasteiger partial charge < -0.3 is 0 Å². The monoisotopic (exact) mass is 294 g/mol. The van der Waals surface area contributed by atoms with Gasteiger partial charge in [0.25, 0.3) is 0 Å². The topological polar surface area (TPSA) is 57.3 Å². The van der Waals surface area contributed by atoms with Crippen molar-refractivity contribution in [2.75, 3.05) is 5.01 Å². The number of pyridine rings is 1. The van der Waals surface area contributed by atoms with Crippen molar-refractivity contribution in [1.29, 1.82) is 0 Å². The number of carbonyl (C=O) groups is 1. The van der Waals surface area contributed by atoms with Gasteiger partial charge in [0.15, 0.2) is 0 Å². The maximum atomic E-state index is 12.6. The molecule has 2 aromatic rings. The van der Waals surface area contributed by atoms with Crippen LogP contribution in [0.15, 0.2) is 54.9 Å². The molecule has 0 bridgehead atoms. The highest BCUT2D eigenvalue weighted by atomic mass is 16.2. The molecule has 2 N–H and O–H groups in total. The molecular formula is C17H18N4O. The molecule has 3 unspecified atom stereocenters. The molecule has 5 heteroatoms. The molecule has 2 aliphatic heterocycles. The number of hydrogen-bond acceptors (Lipinski definition) is 4. The fraction of sp³-hybridized carbons (Fsp3) is 0.294. The van der Waals surface area contributed by atoms with Gasteiger partial charge in [0.1, 0.15) is 0 Å². The number of hydrogen-bond donors (Lipinski definition) is 2. The first-order valence-corrected chi connectivity index (χ1v) is 7.64. The maximum Gasteiger partial charge on any atom is 0.247 e. The molecular weight excluding hydrogens is 276 g/mol. The first kappa shape index (κ1) is 13.4. The molecule has 0 spiro atoms. The zero-order valence-corrected chi connectivity index (χ0v) is 12.1. The molecule has 1 aromatic carbocycles. The lowest BCUT2D eigenvalue weighted by molar-refractivity contribution is -0.121. The van der Waals surface area contributed by atoms with Crippen molar-refractivity contribution in [3.8, 4) is 0 Å². The summed E-state index contributed by atoms with van der Waals surface area (Å²) in [5, 5.41) is 5.22. The molecule has 0 radical (unpaired) electrons. The van der Waals surface area contributed by atoms with E-state index in [2.05, 4.69) is 21.8 Å². The van der Waals surface area contributed by atoms with Crippen LogP contribution in [0, 0.1) is 5.92 Å². The number of nitrogens with zero attached hydrogens (tertiary/aromatic N) is 2. The highest BCUT2D eigenvalue weighted by Gasteiger charge is 2.44. The molecule has 1 amide bonds. The van der Waals surface area contributed by atoms with E-state index in [1.807, 2.05) is 42.6 Å². The van der Waals surface area contributed by atoms with Crippen LogP contribution in [-0.2, 0) is 4.79 Å². The van der Waals surface area contributed by atoms with Crippen LogP contribution in [0.4, 0.5) is 5.69 Å². The van der Waals surface area contributed by atoms with E-state index in [1.54, 1.807) is 11.2 Å². The molecule has 1 aromatic heterocycles. The molecule has 5 nitrogen and oxygen atoms in total. The molecule has 0 saturated carbocycles. The van der Waals surface area contributed by atoms with Crippen molar-refractivity contribution in [3.05, 3.63) is 60.4 Å². The van der Waals surface area contributed by atoms with Crippen molar-refractivity contribution < 1.29 is 4.79 Å². The molecule has 2 saturated heterocycles. The highest BCUT2D eigenvalue weighted by molar-refractivity contribution is 5.96. The van der Waals surface area contributed by atoms with Gasteiger partial charge in [0, 0.05) is 18.4 Å². The van der Waals surface area contributed by atoms with Gasteiger partial charge in [-0.3, -0.25) is 15.1 Å². The minimum absolute atomic E-state index is 0.00636. The number of benzene rings is 1. The van der Waals surface area contributed by atoms with Crippen molar-refractivity contribution in [2.45, 2.75) is 25.0 Å². The molecule has 0 aliphatic carbocycles. The van der Waals surface area contributed by atoms with E-state index in [0.29, 0.717) is 0 Å². The molecule has 112 valence electrons. The maximum absolute atomic E-state index is 12.6. The SMILES string of the molecule is O=C1C2CCC(c3cccnc3)NC2NN1c1ccccc1. The zero-order chi connectivity index (χ0) is 14.9. The predicted octanol–water partition coefficient (Wildman–Crippen LogP) is 2.00. The Morgan fingerprint density at radius 3 is 2.73 bits per heavy atom. The Bertz CT molecular complexity index is 661. The van der Waals surface area contributed by atoms with Crippen LogP contribution in [0.3, 0.4) is 0 Å². The molecule has 3 heterocycles. The highest BCUT2D eigenvalue weighted by Crippen LogP contribution is 2.33. The van der Waals surface area contributed by atoms with Crippen LogP contribution in [-0.4, -0.2) is 17.1 Å². The Morgan fingerprint density at radius 2 is 1.95 bits per heavy atom. The number of piperidine rings is 1. The summed E-state index contributed by atoms with van der Waals surface area (Å²) in [6.07, 6.45) is 5.48. The number of amides is 1. The van der Waals surface area contributed by atoms with Crippen molar-refractivity contribution in [1.82, 2.24) is 15.7 Å². The van der Waals surface area contributed by atoms with E-state index >= 15 is 0 Å². The van der Waals surface area contributed by atoms with Gasteiger partial charge in [0.2, 0.25) is 5.91 Å². The zero-order valence-electron chi connectivity index (χ0n) is 12.1. The van der Waals surface area contributed by atoms with Crippen molar-refractivity contribution in [3.63, 3.8) is 0 Å². The summed E-state index contributed by atoms with van der Waals surface area (Å²) in [5.41, 5.74) is 5.38. The second kappa shape index (κ2) is 5.51. The van der Waals surface area contributed by atoms with Gasteiger partial charge in [-0.15, -0.1) is 0 Å². The number of para-hydroxylation sites is 1. The third kappa shape index (κ3) is 2.28. The van der Waals surface area contributed by atoms with Crippen LogP contribution in [0.25, 0.3) is 0 Å². The van der Waals surface area contributed by atoms with Gasteiger partial charge in [-0.1, -0.05) is 24.3 Å². The van der Waals surface area contributed by atoms with Gasteiger partial charge in [0.05, 0.1) is 17.8 Å². The van der Waals surface area contributed by atoms with Crippen molar-refractivity contribution in [2.24, 2.45) is 5.92 Å². The molecule has 4 rings (SSSR count). The average Bonchev–Trinajstić information content (AvgIpc) is 2.93. The van der Waals surface area contributed by atoms with E-state index in [0.717, 1.165) is 18.5 Å². The summed E-state index contributed by atoms with van der Waals surface area (Å²) in [6, 6.07) is 14.0. The van der Waals surface area contributed by atoms with E-state index < -0.39 is 0 Å². The number of fused-ring (bicyclic) bond motifs is 1. The fourth-order valence-electron chi connectivity index (χ4n) is 3.31.